The molecule has 13 heavy (non-hydrogen) atoms. The smallest absolute Gasteiger partial charge is 0.129 e. The largest absolute Gasteiger partial charge is 0.493 e. The normalized spacial score (nSPS) is 20.6. The van der Waals surface area contributed by atoms with Gasteiger partial charge in [-0.1, -0.05) is 18.2 Å². The summed E-state index contributed by atoms with van der Waals surface area (Å²) < 4.78 is 5.48. The number of hydrogen-bond acceptors (Lipinski definition) is 3. The highest BCUT2D eigenvalue weighted by Gasteiger charge is 2.19. The first-order valence-corrected chi connectivity index (χ1v) is 4.44. The first-order chi connectivity index (χ1) is 6.33. The molecule has 0 amide bonds. The van der Waals surface area contributed by atoms with E-state index in [-0.39, 0.29) is 12.6 Å². The minimum atomic E-state index is 0.00981. The lowest BCUT2D eigenvalue weighted by Gasteiger charge is -2.24. The van der Waals surface area contributed by atoms with Crippen molar-refractivity contribution in [2.45, 2.75) is 19.1 Å². The Morgan fingerprint density at radius 2 is 2.38 bits per heavy atom. The highest BCUT2D eigenvalue weighted by atomic mass is 16.5. The van der Waals surface area contributed by atoms with Crippen LogP contribution >= 0.6 is 0 Å². The Hall–Kier alpha value is -1.06. The fourth-order valence-electron chi connectivity index (χ4n) is 1.64. The molecule has 70 valence electrons. The van der Waals surface area contributed by atoms with Crippen LogP contribution in [0.25, 0.3) is 0 Å². The Labute approximate surface area is 77.1 Å². The summed E-state index contributed by atoms with van der Waals surface area (Å²) in [6.45, 7) is 0.654. The molecule has 1 aromatic rings. The number of hydrogen-bond donors (Lipinski definition) is 2. The second-order valence-electron chi connectivity index (χ2n) is 3.24. The van der Waals surface area contributed by atoms with Gasteiger partial charge < -0.3 is 15.6 Å². The van der Waals surface area contributed by atoms with Gasteiger partial charge in [-0.25, -0.2) is 0 Å². The number of nitrogens with two attached hydrogens (primary N) is 1. The van der Waals surface area contributed by atoms with Crippen molar-refractivity contribution in [3.8, 4) is 5.75 Å². The van der Waals surface area contributed by atoms with E-state index >= 15 is 0 Å². The molecule has 0 aliphatic carbocycles. The minimum Gasteiger partial charge on any atom is -0.493 e. The molecular formula is C10H13NO2. The number of rotatable bonds is 1. The molecule has 0 radical (unpaired) electrons. The summed E-state index contributed by atoms with van der Waals surface area (Å²) in [5.41, 5.74) is 7.75. The highest BCUT2D eigenvalue weighted by molar-refractivity contribution is 5.44. The first kappa shape index (κ1) is 8.53. The van der Waals surface area contributed by atoms with Crippen molar-refractivity contribution in [2.24, 2.45) is 5.73 Å². The molecule has 3 heteroatoms. The maximum absolute atomic E-state index is 9.06. The maximum atomic E-state index is 9.06. The summed E-state index contributed by atoms with van der Waals surface area (Å²) in [7, 11) is 0. The van der Waals surface area contributed by atoms with E-state index < -0.39 is 0 Å². The zero-order valence-electron chi connectivity index (χ0n) is 7.36. The highest BCUT2D eigenvalue weighted by Crippen LogP contribution is 2.33. The van der Waals surface area contributed by atoms with Gasteiger partial charge in [0.25, 0.3) is 0 Å². The third-order valence-corrected chi connectivity index (χ3v) is 2.37. The standard InChI is InChI=1S/C10H13NO2/c11-9-4-5-13-10-7(6-12)2-1-3-8(9)10/h1-3,9,12H,4-6,11H2/t9-/m1/s1. The second-order valence-corrected chi connectivity index (χ2v) is 3.24. The molecule has 1 aromatic carbocycles. The van der Waals surface area contributed by atoms with Gasteiger partial charge >= 0.3 is 0 Å². The van der Waals surface area contributed by atoms with E-state index in [1.54, 1.807) is 0 Å². The lowest BCUT2D eigenvalue weighted by atomic mass is 9.99. The van der Waals surface area contributed by atoms with Crippen LogP contribution in [-0.2, 0) is 6.61 Å². The van der Waals surface area contributed by atoms with Crippen LogP contribution in [-0.4, -0.2) is 11.7 Å². The lowest BCUT2D eigenvalue weighted by Crippen LogP contribution is -2.21. The average molecular weight is 179 g/mol. The van der Waals surface area contributed by atoms with E-state index in [1.165, 1.54) is 0 Å². The summed E-state index contributed by atoms with van der Waals surface area (Å²) in [6.07, 6.45) is 0.849. The van der Waals surface area contributed by atoms with Crippen LogP contribution in [0.5, 0.6) is 5.75 Å². The molecule has 3 nitrogen and oxygen atoms in total. The van der Waals surface area contributed by atoms with Crippen LogP contribution in [0.15, 0.2) is 18.2 Å². The number of benzene rings is 1. The van der Waals surface area contributed by atoms with Crippen LogP contribution < -0.4 is 10.5 Å². The van der Waals surface area contributed by atoms with Gasteiger partial charge in [0, 0.05) is 23.6 Å². The summed E-state index contributed by atoms with van der Waals surface area (Å²) in [5.74, 6) is 0.781. The monoisotopic (exact) mass is 179 g/mol. The molecule has 0 saturated carbocycles. The molecule has 1 atom stereocenters. The molecule has 1 aliphatic heterocycles. The van der Waals surface area contributed by atoms with Gasteiger partial charge in [-0.05, 0) is 0 Å². The first-order valence-electron chi connectivity index (χ1n) is 4.44. The van der Waals surface area contributed by atoms with Crippen molar-refractivity contribution in [2.75, 3.05) is 6.61 Å². The van der Waals surface area contributed by atoms with E-state index in [0.717, 1.165) is 23.3 Å². The van der Waals surface area contributed by atoms with Crippen molar-refractivity contribution < 1.29 is 9.84 Å². The van der Waals surface area contributed by atoms with Crippen molar-refractivity contribution in [1.82, 2.24) is 0 Å². The van der Waals surface area contributed by atoms with Crippen LogP contribution in [0.1, 0.15) is 23.6 Å². The van der Waals surface area contributed by atoms with Gasteiger partial charge in [-0.2, -0.15) is 0 Å². The number of aliphatic hydroxyl groups excluding tert-OH is 1. The topological polar surface area (TPSA) is 55.5 Å². The van der Waals surface area contributed by atoms with Gasteiger partial charge in [0.15, 0.2) is 0 Å². The average Bonchev–Trinajstić information content (AvgIpc) is 2.18. The van der Waals surface area contributed by atoms with E-state index in [4.69, 9.17) is 15.6 Å². The lowest BCUT2D eigenvalue weighted by molar-refractivity contribution is 0.242. The quantitative estimate of drug-likeness (QED) is 0.675. The molecule has 0 saturated heterocycles. The van der Waals surface area contributed by atoms with Gasteiger partial charge in [-0.15, -0.1) is 0 Å². The predicted octanol–water partition coefficient (Wildman–Crippen LogP) is 0.961. The number of aliphatic hydroxyl groups is 1. The van der Waals surface area contributed by atoms with Crippen molar-refractivity contribution in [1.29, 1.82) is 0 Å². The van der Waals surface area contributed by atoms with Crippen molar-refractivity contribution in [3.63, 3.8) is 0 Å². The van der Waals surface area contributed by atoms with Gasteiger partial charge in [0.05, 0.1) is 13.2 Å². The fraction of sp³-hybridized carbons (Fsp3) is 0.400. The maximum Gasteiger partial charge on any atom is 0.129 e. The zero-order chi connectivity index (χ0) is 9.26. The Morgan fingerprint density at radius 3 is 3.15 bits per heavy atom. The van der Waals surface area contributed by atoms with Gasteiger partial charge in [0.1, 0.15) is 5.75 Å². The van der Waals surface area contributed by atoms with Crippen molar-refractivity contribution >= 4 is 0 Å². The molecule has 1 aliphatic rings. The summed E-state index contributed by atoms with van der Waals surface area (Å²) in [6, 6.07) is 5.77. The molecule has 3 N–H and O–H groups in total. The number of ether oxygens (including phenoxy) is 1. The molecule has 2 rings (SSSR count). The molecule has 0 aromatic heterocycles. The van der Waals surface area contributed by atoms with E-state index in [1.807, 2.05) is 18.2 Å². The van der Waals surface area contributed by atoms with Crippen molar-refractivity contribution in [3.05, 3.63) is 29.3 Å². The Bertz CT molecular complexity index is 312. The third kappa shape index (κ3) is 1.41. The Morgan fingerprint density at radius 1 is 1.54 bits per heavy atom. The molecule has 0 fully saturated rings. The summed E-state index contributed by atoms with van der Waals surface area (Å²) in [5, 5.41) is 9.06. The summed E-state index contributed by atoms with van der Waals surface area (Å²) >= 11 is 0. The van der Waals surface area contributed by atoms with Crippen LogP contribution in [0, 0.1) is 0 Å². The van der Waals surface area contributed by atoms with Gasteiger partial charge in [-0.3, -0.25) is 0 Å². The Kier molecular flexibility index (Phi) is 2.20. The van der Waals surface area contributed by atoms with E-state index in [0.29, 0.717) is 6.61 Å². The zero-order valence-corrected chi connectivity index (χ0v) is 7.36. The van der Waals surface area contributed by atoms with Crippen LogP contribution in [0.4, 0.5) is 0 Å². The minimum absolute atomic E-state index is 0.00981. The molecular weight excluding hydrogens is 166 g/mol. The molecule has 1 heterocycles. The SMILES string of the molecule is N[C@@H]1CCOc2c(CO)cccc21. The van der Waals surface area contributed by atoms with Gasteiger partial charge in [0.2, 0.25) is 0 Å². The number of para-hydroxylation sites is 1. The molecule has 0 spiro atoms. The number of fused-ring (bicyclic) bond motifs is 1. The van der Waals surface area contributed by atoms with E-state index in [9.17, 15) is 0 Å². The third-order valence-electron chi connectivity index (χ3n) is 2.37. The predicted molar refractivity (Wildman–Crippen MR) is 49.4 cm³/mol. The second kappa shape index (κ2) is 3.36. The fourth-order valence-corrected chi connectivity index (χ4v) is 1.64. The Balaban J connectivity index is 2.48. The van der Waals surface area contributed by atoms with Crippen LogP contribution in [0.3, 0.4) is 0 Å². The molecule has 0 unspecified atom stereocenters. The van der Waals surface area contributed by atoms with E-state index in [2.05, 4.69) is 0 Å². The summed E-state index contributed by atoms with van der Waals surface area (Å²) in [4.78, 5) is 0. The molecule has 0 bridgehead atoms. The van der Waals surface area contributed by atoms with Crippen LogP contribution in [0.2, 0.25) is 0 Å².